The first kappa shape index (κ1) is 13.9. The Balaban J connectivity index is 2.33. The van der Waals surface area contributed by atoms with E-state index in [0.29, 0.717) is 5.02 Å². The van der Waals surface area contributed by atoms with E-state index in [0.717, 1.165) is 27.0 Å². The lowest BCUT2D eigenvalue weighted by molar-refractivity contribution is 0.882. The van der Waals surface area contributed by atoms with Crippen molar-refractivity contribution in [2.75, 3.05) is 0 Å². The van der Waals surface area contributed by atoms with Crippen molar-refractivity contribution in [3.8, 4) is 5.69 Å². The molecule has 0 saturated heterocycles. The molecule has 5 heteroatoms. The van der Waals surface area contributed by atoms with E-state index >= 15 is 0 Å². The first-order valence-corrected chi connectivity index (χ1v) is 7.75. The Morgan fingerprint density at radius 2 is 1.85 bits per heavy atom. The predicted molar refractivity (Wildman–Crippen MR) is 88.0 cm³/mol. The Hall–Kier alpha value is -1.03. The largest absolute Gasteiger partial charge is 0.295 e. The average molecular weight is 370 g/mol. The second kappa shape index (κ2) is 5.40. The van der Waals surface area contributed by atoms with Crippen LogP contribution in [0.25, 0.3) is 16.7 Å². The molecule has 0 amide bonds. The minimum Gasteiger partial charge on any atom is -0.295 e. The van der Waals surface area contributed by atoms with Crippen LogP contribution >= 0.6 is 39.1 Å². The molecule has 0 bridgehead atoms. The van der Waals surface area contributed by atoms with E-state index in [1.807, 2.05) is 49.4 Å². The second-order valence-corrected chi connectivity index (χ2v) is 6.54. The molecular formula is C15H11BrCl2N2. The van der Waals surface area contributed by atoms with Gasteiger partial charge in [-0.2, -0.15) is 0 Å². The minimum absolute atomic E-state index is 0.183. The van der Waals surface area contributed by atoms with Crippen molar-refractivity contribution in [2.45, 2.75) is 12.3 Å². The number of rotatable bonds is 2. The molecule has 20 heavy (non-hydrogen) atoms. The van der Waals surface area contributed by atoms with Gasteiger partial charge in [0.2, 0.25) is 0 Å². The quantitative estimate of drug-likeness (QED) is 0.526. The van der Waals surface area contributed by atoms with Crippen molar-refractivity contribution in [2.24, 2.45) is 0 Å². The molecule has 0 fully saturated rings. The Kier molecular flexibility index (Phi) is 3.76. The third-order valence-corrected chi connectivity index (χ3v) is 4.02. The van der Waals surface area contributed by atoms with Gasteiger partial charge in [0.1, 0.15) is 5.82 Å². The molecule has 0 radical (unpaired) electrons. The summed E-state index contributed by atoms with van der Waals surface area (Å²) in [4.78, 5) is 4.63. The lowest BCUT2D eigenvalue weighted by Crippen LogP contribution is -2.01. The molecule has 0 N–H and O–H groups in total. The molecule has 0 aliphatic heterocycles. The molecule has 102 valence electrons. The summed E-state index contributed by atoms with van der Waals surface area (Å²) < 4.78 is 3.07. The van der Waals surface area contributed by atoms with Gasteiger partial charge < -0.3 is 0 Å². The van der Waals surface area contributed by atoms with Crippen molar-refractivity contribution < 1.29 is 0 Å². The summed E-state index contributed by atoms with van der Waals surface area (Å²) in [5.41, 5.74) is 2.94. The number of alkyl halides is 1. The average Bonchev–Trinajstić information content (AvgIpc) is 2.78. The van der Waals surface area contributed by atoms with Gasteiger partial charge in [0.05, 0.1) is 16.4 Å². The summed E-state index contributed by atoms with van der Waals surface area (Å²) in [7, 11) is 0. The number of benzene rings is 2. The van der Waals surface area contributed by atoms with E-state index in [9.17, 15) is 0 Å². The summed E-state index contributed by atoms with van der Waals surface area (Å²) in [6, 6.07) is 13.7. The zero-order valence-corrected chi connectivity index (χ0v) is 13.7. The third-order valence-electron chi connectivity index (χ3n) is 3.08. The predicted octanol–water partition coefficient (Wildman–Crippen LogP) is 5.74. The highest BCUT2D eigenvalue weighted by atomic mass is 79.9. The van der Waals surface area contributed by atoms with Gasteiger partial charge in [0.25, 0.3) is 0 Å². The van der Waals surface area contributed by atoms with Crippen molar-refractivity contribution >= 4 is 50.2 Å². The molecule has 1 atom stereocenters. The molecule has 1 aromatic heterocycles. The Bertz CT molecular complexity index is 763. The monoisotopic (exact) mass is 368 g/mol. The second-order valence-electron chi connectivity index (χ2n) is 4.53. The lowest BCUT2D eigenvalue weighted by atomic mass is 10.2. The molecule has 2 aromatic carbocycles. The summed E-state index contributed by atoms with van der Waals surface area (Å²) in [5, 5.41) is 0.525. The Labute approximate surface area is 135 Å². The fourth-order valence-electron chi connectivity index (χ4n) is 2.20. The summed E-state index contributed by atoms with van der Waals surface area (Å²) in [5.74, 6) is 0.821. The number of hydrogen-bond donors (Lipinski definition) is 0. The van der Waals surface area contributed by atoms with Crippen LogP contribution in [0.15, 0.2) is 46.9 Å². The van der Waals surface area contributed by atoms with Gasteiger partial charge in [-0.05, 0) is 49.4 Å². The normalized spacial score (nSPS) is 12.8. The van der Waals surface area contributed by atoms with Gasteiger partial charge in [-0.25, -0.2) is 4.98 Å². The van der Waals surface area contributed by atoms with Crippen molar-refractivity contribution in [1.29, 1.82) is 0 Å². The van der Waals surface area contributed by atoms with E-state index < -0.39 is 0 Å². The smallest absolute Gasteiger partial charge is 0.132 e. The van der Waals surface area contributed by atoms with E-state index in [1.165, 1.54) is 0 Å². The number of hydrogen-bond acceptors (Lipinski definition) is 1. The van der Waals surface area contributed by atoms with Crippen LogP contribution in [0.1, 0.15) is 18.1 Å². The van der Waals surface area contributed by atoms with E-state index in [1.54, 1.807) is 0 Å². The molecule has 3 aromatic rings. The van der Waals surface area contributed by atoms with Crippen molar-refractivity contribution in [3.63, 3.8) is 0 Å². The molecule has 0 aliphatic rings. The summed E-state index contributed by atoms with van der Waals surface area (Å²) in [6.45, 7) is 1.92. The van der Waals surface area contributed by atoms with Crippen LogP contribution < -0.4 is 0 Å². The zero-order valence-electron chi connectivity index (χ0n) is 10.6. The minimum atomic E-state index is -0.183. The highest BCUT2D eigenvalue weighted by Gasteiger charge is 2.16. The van der Waals surface area contributed by atoms with E-state index in [2.05, 4.69) is 25.5 Å². The fourth-order valence-corrected chi connectivity index (χ4v) is 2.82. The van der Waals surface area contributed by atoms with Crippen LogP contribution in [0.3, 0.4) is 0 Å². The van der Waals surface area contributed by atoms with Gasteiger partial charge in [-0.3, -0.25) is 4.57 Å². The number of fused-ring (bicyclic) bond motifs is 1. The van der Waals surface area contributed by atoms with Crippen LogP contribution in [0.4, 0.5) is 0 Å². The lowest BCUT2D eigenvalue weighted by Gasteiger charge is -2.10. The summed E-state index contributed by atoms with van der Waals surface area (Å²) in [6.07, 6.45) is 0. The Morgan fingerprint density at radius 3 is 2.50 bits per heavy atom. The SMILES string of the molecule is CC(Cl)c1nc2ccc(Br)cc2n1-c1ccc(Cl)cc1. The topological polar surface area (TPSA) is 17.8 Å². The fraction of sp³-hybridized carbons (Fsp3) is 0.133. The molecular weight excluding hydrogens is 359 g/mol. The maximum Gasteiger partial charge on any atom is 0.132 e. The standard InChI is InChI=1S/C15H11BrCl2N2/c1-9(17)15-19-13-7-2-10(16)8-14(13)20(15)12-5-3-11(18)4-6-12/h2-9H,1H3. The molecule has 3 rings (SSSR count). The van der Waals surface area contributed by atoms with Crippen LogP contribution in [-0.4, -0.2) is 9.55 Å². The number of halogens is 3. The first-order valence-electron chi connectivity index (χ1n) is 6.14. The van der Waals surface area contributed by atoms with E-state index in [-0.39, 0.29) is 5.38 Å². The van der Waals surface area contributed by atoms with Crippen LogP contribution in [0.2, 0.25) is 5.02 Å². The first-order chi connectivity index (χ1) is 9.56. The van der Waals surface area contributed by atoms with Gasteiger partial charge in [-0.15, -0.1) is 11.6 Å². The zero-order chi connectivity index (χ0) is 14.3. The molecule has 0 spiro atoms. The number of nitrogens with zero attached hydrogens (tertiary/aromatic N) is 2. The van der Waals surface area contributed by atoms with Crippen LogP contribution in [0.5, 0.6) is 0 Å². The number of aromatic nitrogens is 2. The van der Waals surface area contributed by atoms with Gasteiger partial charge >= 0.3 is 0 Å². The van der Waals surface area contributed by atoms with Crippen LogP contribution in [-0.2, 0) is 0 Å². The third kappa shape index (κ3) is 2.46. The molecule has 1 unspecified atom stereocenters. The molecule has 0 aliphatic carbocycles. The van der Waals surface area contributed by atoms with Gasteiger partial charge in [0, 0.05) is 15.2 Å². The van der Waals surface area contributed by atoms with Crippen LogP contribution in [0, 0.1) is 0 Å². The van der Waals surface area contributed by atoms with Gasteiger partial charge in [0.15, 0.2) is 0 Å². The van der Waals surface area contributed by atoms with Crippen molar-refractivity contribution in [1.82, 2.24) is 9.55 Å². The van der Waals surface area contributed by atoms with Crippen molar-refractivity contribution in [3.05, 3.63) is 57.8 Å². The molecule has 1 heterocycles. The summed E-state index contributed by atoms with van der Waals surface area (Å²) >= 11 is 15.7. The highest BCUT2D eigenvalue weighted by Crippen LogP contribution is 2.30. The van der Waals surface area contributed by atoms with E-state index in [4.69, 9.17) is 23.2 Å². The Morgan fingerprint density at radius 1 is 1.15 bits per heavy atom. The number of imidazole rings is 1. The maximum atomic E-state index is 6.28. The molecule has 0 saturated carbocycles. The molecule has 2 nitrogen and oxygen atoms in total. The highest BCUT2D eigenvalue weighted by molar-refractivity contribution is 9.10. The van der Waals surface area contributed by atoms with Gasteiger partial charge in [-0.1, -0.05) is 27.5 Å². The maximum absolute atomic E-state index is 6.28.